The van der Waals surface area contributed by atoms with Crippen LogP contribution >= 0.6 is 0 Å². The molecular formula is C18H27NO3. The first kappa shape index (κ1) is 15.9. The Kier molecular flexibility index (Phi) is 4.29. The maximum atomic E-state index is 9.55. The van der Waals surface area contributed by atoms with Crippen LogP contribution in [0.1, 0.15) is 38.9 Å². The summed E-state index contributed by atoms with van der Waals surface area (Å²) in [6, 6.07) is 10.5. The van der Waals surface area contributed by atoms with Crippen LogP contribution in [-0.2, 0) is 9.47 Å². The highest BCUT2D eigenvalue weighted by molar-refractivity contribution is 5.21. The van der Waals surface area contributed by atoms with E-state index in [2.05, 4.69) is 44.9 Å². The Hall–Kier alpha value is -0.940. The third-order valence-electron chi connectivity index (χ3n) is 5.29. The van der Waals surface area contributed by atoms with Crippen LogP contribution in [0.2, 0.25) is 0 Å². The van der Waals surface area contributed by atoms with Crippen LogP contribution in [0, 0.1) is 11.8 Å². The molecule has 0 aliphatic carbocycles. The Morgan fingerprint density at radius 2 is 1.95 bits per heavy atom. The van der Waals surface area contributed by atoms with Gasteiger partial charge in [-0.3, -0.25) is 0 Å². The number of hydrogen-bond donors (Lipinski definition) is 1. The summed E-state index contributed by atoms with van der Waals surface area (Å²) in [6.07, 6.45) is 0.689. The molecule has 122 valence electrons. The molecule has 0 amide bonds. The number of hydrogen-bond acceptors (Lipinski definition) is 4. The van der Waals surface area contributed by atoms with Gasteiger partial charge < -0.3 is 14.6 Å². The smallest absolute Gasteiger partial charge is 0.234 e. The van der Waals surface area contributed by atoms with Crippen LogP contribution in [0.25, 0.3) is 0 Å². The highest BCUT2D eigenvalue weighted by Crippen LogP contribution is 2.52. The van der Waals surface area contributed by atoms with Gasteiger partial charge >= 0.3 is 0 Å². The molecule has 2 aliphatic rings. The Morgan fingerprint density at radius 1 is 1.27 bits per heavy atom. The van der Waals surface area contributed by atoms with Gasteiger partial charge in [-0.1, -0.05) is 44.2 Å². The number of ether oxygens (including phenoxy) is 2. The predicted octanol–water partition coefficient (Wildman–Crippen LogP) is 2.79. The van der Waals surface area contributed by atoms with E-state index in [4.69, 9.17) is 9.47 Å². The van der Waals surface area contributed by atoms with Crippen molar-refractivity contribution in [3.63, 3.8) is 0 Å². The van der Waals surface area contributed by atoms with Crippen molar-refractivity contribution in [3.8, 4) is 0 Å². The number of aliphatic hydroxyl groups excluding tert-OH is 1. The van der Waals surface area contributed by atoms with E-state index in [-0.39, 0.29) is 30.8 Å². The van der Waals surface area contributed by atoms with Gasteiger partial charge in [0, 0.05) is 12.0 Å². The minimum atomic E-state index is -0.721. The average molecular weight is 305 g/mol. The van der Waals surface area contributed by atoms with Gasteiger partial charge in [0.05, 0.1) is 12.7 Å². The first-order valence-electron chi connectivity index (χ1n) is 8.24. The van der Waals surface area contributed by atoms with Crippen molar-refractivity contribution in [1.82, 2.24) is 4.90 Å². The molecule has 0 radical (unpaired) electrons. The highest BCUT2D eigenvalue weighted by atomic mass is 16.7. The lowest BCUT2D eigenvalue weighted by molar-refractivity contribution is -0.297. The minimum absolute atomic E-state index is 0.00936. The third-order valence-corrected chi connectivity index (χ3v) is 5.29. The molecule has 1 aromatic carbocycles. The lowest BCUT2D eigenvalue weighted by Gasteiger charge is -2.38. The van der Waals surface area contributed by atoms with Crippen molar-refractivity contribution in [1.29, 1.82) is 0 Å². The minimum Gasteiger partial charge on any atom is -0.394 e. The number of nitrogens with zero attached hydrogens (tertiary/aromatic N) is 1. The average Bonchev–Trinajstić information content (AvgIpc) is 3.02. The van der Waals surface area contributed by atoms with Gasteiger partial charge in [0.25, 0.3) is 0 Å². The zero-order valence-electron chi connectivity index (χ0n) is 13.9. The van der Waals surface area contributed by atoms with Crippen molar-refractivity contribution in [2.75, 3.05) is 13.7 Å². The number of rotatable bonds is 3. The van der Waals surface area contributed by atoms with Crippen molar-refractivity contribution >= 4 is 0 Å². The molecule has 0 unspecified atom stereocenters. The van der Waals surface area contributed by atoms with E-state index in [9.17, 15) is 5.11 Å². The second kappa shape index (κ2) is 5.93. The van der Waals surface area contributed by atoms with Gasteiger partial charge in [0.1, 0.15) is 6.10 Å². The maximum Gasteiger partial charge on any atom is 0.234 e. The molecule has 2 heterocycles. The van der Waals surface area contributed by atoms with E-state index in [0.29, 0.717) is 5.92 Å². The fraction of sp³-hybridized carbons (Fsp3) is 0.667. The van der Waals surface area contributed by atoms with Gasteiger partial charge in [-0.2, -0.15) is 0 Å². The SMILES string of the molecule is CC(C)[C@@H]1C[C@@H](CO)O[C@]12O[C@@H](c1ccccc1)[C@H](C)N2C. The monoisotopic (exact) mass is 305 g/mol. The van der Waals surface area contributed by atoms with E-state index >= 15 is 0 Å². The van der Waals surface area contributed by atoms with Gasteiger partial charge in [-0.05, 0) is 31.9 Å². The molecule has 5 atom stereocenters. The summed E-state index contributed by atoms with van der Waals surface area (Å²) in [6.45, 7) is 6.63. The normalized spacial score (nSPS) is 39.2. The van der Waals surface area contributed by atoms with Crippen LogP contribution < -0.4 is 0 Å². The second-order valence-electron chi connectivity index (χ2n) is 6.94. The Bertz CT molecular complexity index is 506. The topological polar surface area (TPSA) is 41.9 Å². The number of aliphatic hydroxyl groups is 1. The highest BCUT2D eigenvalue weighted by Gasteiger charge is 2.60. The van der Waals surface area contributed by atoms with Crippen molar-refractivity contribution in [2.24, 2.45) is 11.8 Å². The molecule has 2 saturated heterocycles. The van der Waals surface area contributed by atoms with Gasteiger partial charge in [0.2, 0.25) is 5.91 Å². The molecule has 0 bridgehead atoms. The van der Waals surface area contributed by atoms with Crippen LogP contribution in [0.3, 0.4) is 0 Å². The molecule has 2 aliphatic heterocycles. The molecular weight excluding hydrogens is 278 g/mol. The quantitative estimate of drug-likeness (QED) is 0.932. The summed E-state index contributed by atoms with van der Waals surface area (Å²) >= 11 is 0. The first-order valence-corrected chi connectivity index (χ1v) is 8.24. The van der Waals surface area contributed by atoms with Crippen LogP contribution in [-0.4, -0.2) is 41.7 Å². The zero-order chi connectivity index (χ0) is 15.9. The number of benzene rings is 1. The number of likely N-dealkylation sites (N-methyl/N-ethyl adjacent to an activating group) is 1. The summed E-state index contributed by atoms with van der Waals surface area (Å²) in [5, 5.41) is 9.55. The second-order valence-corrected chi connectivity index (χ2v) is 6.94. The Labute approximate surface area is 133 Å². The summed E-state index contributed by atoms with van der Waals surface area (Å²) in [5.41, 5.74) is 1.18. The van der Waals surface area contributed by atoms with Crippen LogP contribution in [0.15, 0.2) is 30.3 Å². The fourth-order valence-corrected chi connectivity index (χ4v) is 3.91. The summed E-state index contributed by atoms with van der Waals surface area (Å²) < 4.78 is 12.7. The molecule has 1 aromatic rings. The van der Waals surface area contributed by atoms with E-state index in [1.807, 2.05) is 18.2 Å². The molecule has 1 spiro atoms. The molecule has 2 fully saturated rings. The van der Waals surface area contributed by atoms with Gasteiger partial charge in [0.15, 0.2) is 0 Å². The molecule has 0 saturated carbocycles. The van der Waals surface area contributed by atoms with Crippen molar-refractivity contribution < 1.29 is 14.6 Å². The molecule has 0 aromatic heterocycles. The maximum absolute atomic E-state index is 9.55. The van der Waals surface area contributed by atoms with Crippen molar-refractivity contribution in [3.05, 3.63) is 35.9 Å². The standard InChI is InChI=1S/C18H27NO3/c1-12(2)16-10-15(11-20)21-18(16)19(4)13(3)17(22-18)14-8-6-5-7-9-14/h5-9,12-13,15-17,20H,10-11H2,1-4H3/t13-,15-,16-,17+,18-/m0/s1. The molecule has 1 N–H and O–H groups in total. The summed E-state index contributed by atoms with van der Waals surface area (Å²) in [4.78, 5) is 2.21. The summed E-state index contributed by atoms with van der Waals surface area (Å²) in [7, 11) is 2.07. The fourth-order valence-electron chi connectivity index (χ4n) is 3.91. The molecule has 22 heavy (non-hydrogen) atoms. The zero-order valence-corrected chi connectivity index (χ0v) is 13.9. The van der Waals surface area contributed by atoms with Crippen LogP contribution in [0.4, 0.5) is 0 Å². The van der Waals surface area contributed by atoms with E-state index in [0.717, 1.165) is 6.42 Å². The largest absolute Gasteiger partial charge is 0.394 e. The molecule has 3 rings (SSSR count). The van der Waals surface area contributed by atoms with Crippen LogP contribution in [0.5, 0.6) is 0 Å². The predicted molar refractivity (Wildman–Crippen MR) is 85.1 cm³/mol. The van der Waals surface area contributed by atoms with E-state index in [1.165, 1.54) is 5.56 Å². The lowest BCUT2D eigenvalue weighted by atomic mass is 9.89. The molecule has 4 heteroatoms. The van der Waals surface area contributed by atoms with E-state index < -0.39 is 5.91 Å². The summed E-state index contributed by atoms with van der Waals surface area (Å²) in [5.74, 6) is -0.0341. The Morgan fingerprint density at radius 3 is 2.55 bits per heavy atom. The van der Waals surface area contributed by atoms with Gasteiger partial charge in [-0.25, -0.2) is 4.90 Å². The first-order chi connectivity index (χ1) is 10.5. The Balaban J connectivity index is 1.93. The molecule has 4 nitrogen and oxygen atoms in total. The third kappa shape index (κ3) is 2.38. The lowest BCUT2D eigenvalue weighted by Crippen LogP contribution is -2.51. The van der Waals surface area contributed by atoms with Crippen molar-refractivity contribution in [2.45, 2.75) is 51.4 Å². The van der Waals surface area contributed by atoms with E-state index in [1.54, 1.807) is 0 Å². The van der Waals surface area contributed by atoms with Gasteiger partial charge in [-0.15, -0.1) is 0 Å².